The van der Waals surface area contributed by atoms with E-state index in [0.29, 0.717) is 6.54 Å². The van der Waals surface area contributed by atoms with Gasteiger partial charge >= 0.3 is 0 Å². The van der Waals surface area contributed by atoms with E-state index in [0.717, 1.165) is 37.4 Å². The second-order valence-electron chi connectivity index (χ2n) is 4.66. The standard InChI is InChI=1S/C12H20FN3O4S2.ClH/c1-3-6-14-7-8-15-22(19,20)10-4-5-12(11(13)9-10)16-21(2,17)18;/h4-5,9,14-16H,3,6-8H2,1-2H3;1H. The first-order valence-electron chi connectivity index (χ1n) is 6.63. The molecule has 0 atom stereocenters. The lowest BCUT2D eigenvalue weighted by Gasteiger charge is -2.10. The summed E-state index contributed by atoms with van der Waals surface area (Å²) in [6.07, 6.45) is 1.81. The Kier molecular flexibility index (Phi) is 9.00. The Labute approximate surface area is 142 Å². The Morgan fingerprint density at radius 1 is 1.09 bits per heavy atom. The number of sulfonamides is 2. The maximum Gasteiger partial charge on any atom is 0.240 e. The quantitative estimate of drug-likeness (QED) is 0.544. The molecule has 23 heavy (non-hydrogen) atoms. The first kappa shape index (κ1) is 22.1. The number of nitrogens with one attached hydrogen (secondary N) is 3. The number of hydrogen-bond acceptors (Lipinski definition) is 5. The molecule has 0 unspecified atom stereocenters. The van der Waals surface area contributed by atoms with Crippen molar-refractivity contribution in [3.8, 4) is 0 Å². The van der Waals surface area contributed by atoms with Crippen LogP contribution >= 0.6 is 12.4 Å². The normalized spacial score (nSPS) is 11.8. The zero-order valence-electron chi connectivity index (χ0n) is 12.8. The summed E-state index contributed by atoms with van der Waals surface area (Å²) in [5, 5.41) is 3.03. The lowest BCUT2D eigenvalue weighted by molar-refractivity contribution is 0.572. The summed E-state index contributed by atoms with van der Waals surface area (Å²) in [7, 11) is -7.47. The fraction of sp³-hybridized carbons (Fsp3) is 0.500. The molecule has 0 aliphatic carbocycles. The second-order valence-corrected chi connectivity index (χ2v) is 8.18. The molecular formula is C12H21ClFN3O4S2. The van der Waals surface area contributed by atoms with E-state index in [1.54, 1.807) is 0 Å². The highest BCUT2D eigenvalue weighted by Gasteiger charge is 2.16. The van der Waals surface area contributed by atoms with Crippen molar-refractivity contribution in [2.75, 3.05) is 30.6 Å². The predicted molar refractivity (Wildman–Crippen MR) is 90.5 cm³/mol. The maximum atomic E-state index is 13.8. The lowest BCUT2D eigenvalue weighted by Crippen LogP contribution is -2.32. The lowest BCUT2D eigenvalue weighted by atomic mass is 10.3. The number of anilines is 1. The fourth-order valence-electron chi connectivity index (χ4n) is 1.60. The molecule has 3 N–H and O–H groups in total. The Bertz CT molecular complexity index is 711. The molecular weight excluding hydrogens is 369 g/mol. The van der Waals surface area contributed by atoms with Crippen LogP contribution in [-0.4, -0.2) is 42.7 Å². The van der Waals surface area contributed by atoms with Crippen LogP contribution in [0.5, 0.6) is 0 Å². The molecule has 0 amide bonds. The highest BCUT2D eigenvalue weighted by Crippen LogP contribution is 2.19. The molecule has 134 valence electrons. The average Bonchev–Trinajstić information content (AvgIpc) is 2.39. The summed E-state index contributed by atoms with van der Waals surface area (Å²) >= 11 is 0. The predicted octanol–water partition coefficient (Wildman–Crippen LogP) is 0.897. The van der Waals surface area contributed by atoms with Gasteiger partial charge in [0.15, 0.2) is 0 Å². The van der Waals surface area contributed by atoms with Crippen LogP contribution in [0.15, 0.2) is 23.1 Å². The van der Waals surface area contributed by atoms with Crippen molar-refractivity contribution in [1.82, 2.24) is 10.0 Å². The van der Waals surface area contributed by atoms with Gasteiger partial charge in [-0.25, -0.2) is 25.9 Å². The molecule has 0 aliphatic heterocycles. The minimum Gasteiger partial charge on any atom is -0.315 e. The monoisotopic (exact) mass is 389 g/mol. The van der Waals surface area contributed by atoms with Crippen LogP contribution in [0.25, 0.3) is 0 Å². The summed E-state index contributed by atoms with van der Waals surface area (Å²) in [6, 6.07) is 2.98. The van der Waals surface area contributed by atoms with Gasteiger partial charge in [0.25, 0.3) is 0 Å². The van der Waals surface area contributed by atoms with Crippen molar-refractivity contribution in [3.05, 3.63) is 24.0 Å². The van der Waals surface area contributed by atoms with Gasteiger partial charge < -0.3 is 5.32 Å². The molecule has 1 rings (SSSR count). The Balaban J connectivity index is 0.00000484. The molecule has 0 spiro atoms. The average molecular weight is 390 g/mol. The first-order valence-corrected chi connectivity index (χ1v) is 10.0. The molecule has 7 nitrogen and oxygen atoms in total. The molecule has 0 aromatic heterocycles. The highest BCUT2D eigenvalue weighted by molar-refractivity contribution is 7.92. The van der Waals surface area contributed by atoms with Gasteiger partial charge in [0.1, 0.15) is 5.82 Å². The minimum absolute atomic E-state index is 0. The number of hydrogen-bond donors (Lipinski definition) is 3. The molecule has 0 radical (unpaired) electrons. The number of rotatable bonds is 9. The number of halogens is 2. The molecule has 0 bridgehead atoms. The summed E-state index contributed by atoms with van der Waals surface area (Å²) in [6.45, 7) is 3.41. The smallest absolute Gasteiger partial charge is 0.240 e. The van der Waals surface area contributed by atoms with Crippen LogP contribution in [0.1, 0.15) is 13.3 Å². The summed E-state index contributed by atoms with van der Waals surface area (Å²) in [4.78, 5) is -0.264. The van der Waals surface area contributed by atoms with E-state index >= 15 is 0 Å². The van der Waals surface area contributed by atoms with Crippen molar-refractivity contribution in [1.29, 1.82) is 0 Å². The largest absolute Gasteiger partial charge is 0.315 e. The number of benzene rings is 1. The Hall–Kier alpha value is -0.940. The van der Waals surface area contributed by atoms with E-state index in [-0.39, 0.29) is 29.5 Å². The van der Waals surface area contributed by atoms with Gasteiger partial charge in [-0.15, -0.1) is 12.4 Å². The highest BCUT2D eigenvalue weighted by atomic mass is 35.5. The van der Waals surface area contributed by atoms with Crippen LogP contribution in [0.3, 0.4) is 0 Å². The van der Waals surface area contributed by atoms with Crippen molar-refractivity contribution < 1.29 is 21.2 Å². The third-order valence-electron chi connectivity index (χ3n) is 2.57. The third kappa shape index (κ3) is 7.93. The summed E-state index contributed by atoms with van der Waals surface area (Å²) < 4.78 is 64.1. The molecule has 0 saturated heterocycles. The summed E-state index contributed by atoms with van der Waals surface area (Å²) in [5.41, 5.74) is -0.300. The first-order chi connectivity index (χ1) is 10.2. The van der Waals surface area contributed by atoms with Gasteiger partial charge in [-0.2, -0.15) is 0 Å². The van der Waals surface area contributed by atoms with Gasteiger partial charge in [0.05, 0.1) is 16.8 Å². The van der Waals surface area contributed by atoms with E-state index in [9.17, 15) is 21.2 Å². The van der Waals surface area contributed by atoms with Gasteiger partial charge in [0.2, 0.25) is 20.0 Å². The van der Waals surface area contributed by atoms with Gasteiger partial charge in [-0.1, -0.05) is 6.92 Å². The molecule has 11 heteroatoms. The van der Waals surface area contributed by atoms with Gasteiger partial charge in [0, 0.05) is 13.1 Å². The topological polar surface area (TPSA) is 104 Å². The second kappa shape index (κ2) is 9.38. The Morgan fingerprint density at radius 2 is 1.74 bits per heavy atom. The van der Waals surface area contributed by atoms with Crippen molar-refractivity contribution in [3.63, 3.8) is 0 Å². The van der Waals surface area contributed by atoms with E-state index in [1.165, 1.54) is 0 Å². The molecule has 1 aromatic rings. The van der Waals surface area contributed by atoms with E-state index in [2.05, 4.69) is 10.0 Å². The van der Waals surface area contributed by atoms with Gasteiger partial charge in [-0.05, 0) is 31.2 Å². The van der Waals surface area contributed by atoms with Gasteiger partial charge in [-0.3, -0.25) is 4.72 Å². The molecule has 0 saturated carbocycles. The molecule has 1 aromatic carbocycles. The molecule has 0 aliphatic rings. The summed E-state index contributed by atoms with van der Waals surface area (Å²) in [5.74, 6) is -0.961. The minimum atomic E-state index is -3.84. The van der Waals surface area contributed by atoms with Crippen molar-refractivity contribution in [2.45, 2.75) is 18.2 Å². The SMILES string of the molecule is CCCNCCNS(=O)(=O)c1ccc(NS(C)(=O)=O)c(F)c1.Cl. The molecule has 0 heterocycles. The van der Waals surface area contributed by atoms with E-state index in [1.807, 2.05) is 11.6 Å². The van der Waals surface area contributed by atoms with Crippen molar-refractivity contribution >= 4 is 38.1 Å². The van der Waals surface area contributed by atoms with E-state index in [4.69, 9.17) is 0 Å². The van der Waals surface area contributed by atoms with Crippen LogP contribution in [0, 0.1) is 5.82 Å². The fourth-order valence-corrected chi connectivity index (χ4v) is 3.21. The van der Waals surface area contributed by atoms with E-state index < -0.39 is 25.9 Å². The third-order valence-corrected chi connectivity index (χ3v) is 4.62. The van der Waals surface area contributed by atoms with Crippen LogP contribution < -0.4 is 14.8 Å². The van der Waals surface area contributed by atoms with Crippen LogP contribution in [0.4, 0.5) is 10.1 Å². The zero-order valence-corrected chi connectivity index (χ0v) is 15.2. The van der Waals surface area contributed by atoms with Crippen LogP contribution in [-0.2, 0) is 20.0 Å². The van der Waals surface area contributed by atoms with Crippen LogP contribution in [0.2, 0.25) is 0 Å². The Morgan fingerprint density at radius 3 is 2.26 bits per heavy atom. The maximum absolute atomic E-state index is 13.8. The zero-order chi connectivity index (χ0) is 16.8. The molecule has 0 fully saturated rings. The van der Waals surface area contributed by atoms with Crippen molar-refractivity contribution in [2.24, 2.45) is 0 Å².